The van der Waals surface area contributed by atoms with Crippen LogP contribution in [0.4, 0.5) is 0 Å². The van der Waals surface area contributed by atoms with Crippen LogP contribution in [0.3, 0.4) is 0 Å². The average Bonchev–Trinajstić information content (AvgIpc) is 2.85. The molecule has 1 N–H and O–H groups in total. The number of hydrogen-bond acceptors (Lipinski definition) is 13. The molecule has 1 saturated heterocycles. The van der Waals surface area contributed by atoms with Crippen molar-refractivity contribution in [2.45, 2.75) is 81.3 Å². The zero-order valence-electron chi connectivity index (χ0n) is 23.0. The third kappa shape index (κ3) is 9.23. The maximum atomic E-state index is 13.3. The Kier molecular flexibility index (Phi) is 11.9. The molecule has 1 aliphatic rings. The Morgan fingerprint density at radius 2 is 1.57 bits per heavy atom. The van der Waals surface area contributed by atoms with E-state index in [0.717, 1.165) is 46.6 Å². The molecule has 1 aromatic carbocycles. The topological polar surface area (TPSA) is 170 Å². The van der Waals surface area contributed by atoms with Crippen LogP contribution in [0, 0.1) is 0 Å². The second kappa shape index (κ2) is 14.7. The van der Waals surface area contributed by atoms with Gasteiger partial charge in [0.05, 0.1) is 13.2 Å². The Balaban J connectivity index is 2.76. The monoisotopic (exact) mass is 583 g/mol. The molecule has 1 amide bonds. The summed E-state index contributed by atoms with van der Waals surface area (Å²) in [5.74, 6) is -4.54. The van der Waals surface area contributed by atoms with Crippen LogP contribution in [-0.2, 0) is 57.2 Å². The summed E-state index contributed by atoms with van der Waals surface area (Å²) < 4.78 is 32.9. The summed E-state index contributed by atoms with van der Waals surface area (Å²) in [7, 11) is 1.14. The maximum absolute atomic E-state index is 13.3. The molecule has 220 valence electrons. The van der Waals surface area contributed by atoms with E-state index in [4.69, 9.17) is 28.4 Å². The van der Waals surface area contributed by atoms with Gasteiger partial charge in [-0.3, -0.25) is 24.0 Å². The van der Waals surface area contributed by atoms with Crippen molar-refractivity contribution in [1.29, 1.82) is 0 Å². The first kappa shape index (κ1) is 32.6. The second-order valence-corrected chi connectivity index (χ2v) is 10.2. The van der Waals surface area contributed by atoms with Gasteiger partial charge in [0, 0.05) is 45.9 Å². The summed E-state index contributed by atoms with van der Waals surface area (Å²) >= 11 is 0.946. The molecule has 14 heteroatoms. The normalized spacial score (nSPS) is 23.5. The molecule has 2 unspecified atom stereocenters. The van der Waals surface area contributed by atoms with Gasteiger partial charge in [0.15, 0.2) is 12.2 Å². The Morgan fingerprint density at radius 3 is 2.08 bits per heavy atom. The van der Waals surface area contributed by atoms with Crippen LogP contribution in [-0.4, -0.2) is 84.9 Å². The van der Waals surface area contributed by atoms with Gasteiger partial charge in [0.2, 0.25) is 10.8 Å². The first-order chi connectivity index (χ1) is 18.8. The fourth-order valence-corrected chi connectivity index (χ4v) is 5.43. The minimum Gasteiger partial charge on any atom is -0.466 e. The molecule has 1 heterocycles. The highest BCUT2D eigenvalue weighted by molar-refractivity contribution is 8.01. The fraction of sp³-hybridized carbons (Fsp3) is 0.538. The number of carbonyl (C=O) groups excluding carboxylic acids is 6. The van der Waals surface area contributed by atoms with Gasteiger partial charge >= 0.3 is 29.8 Å². The number of nitrogens with one attached hydrogen (secondary N) is 1. The quantitative estimate of drug-likeness (QED) is 0.292. The van der Waals surface area contributed by atoms with Crippen LogP contribution in [0.1, 0.15) is 41.0 Å². The van der Waals surface area contributed by atoms with E-state index in [1.165, 1.54) is 6.92 Å². The molecule has 6 atom stereocenters. The van der Waals surface area contributed by atoms with Crippen molar-refractivity contribution in [3.05, 3.63) is 30.3 Å². The zero-order chi connectivity index (χ0) is 30.0. The summed E-state index contributed by atoms with van der Waals surface area (Å²) in [6.07, 6.45) is -5.98. The van der Waals surface area contributed by atoms with Crippen LogP contribution in [0.2, 0.25) is 0 Å². The van der Waals surface area contributed by atoms with Crippen molar-refractivity contribution in [2.24, 2.45) is 0 Å². The molecule has 0 saturated carbocycles. The third-order valence-corrected chi connectivity index (χ3v) is 6.79. The van der Waals surface area contributed by atoms with E-state index in [-0.39, 0.29) is 6.42 Å². The maximum Gasteiger partial charge on any atom is 0.349 e. The van der Waals surface area contributed by atoms with Crippen LogP contribution >= 0.6 is 11.8 Å². The number of thioether (sulfide) groups is 1. The average molecular weight is 584 g/mol. The molecule has 13 nitrogen and oxygen atoms in total. The number of benzene rings is 1. The molecular weight excluding hydrogens is 550 g/mol. The van der Waals surface area contributed by atoms with Gasteiger partial charge in [-0.1, -0.05) is 30.0 Å². The first-order valence-electron chi connectivity index (χ1n) is 12.2. The van der Waals surface area contributed by atoms with Gasteiger partial charge in [-0.2, -0.15) is 0 Å². The highest BCUT2D eigenvalue weighted by Gasteiger charge is 2.58. The van der Waals surface area contributed by atoms with Gasteiger partial charge in [0.1, 0.15) is 18.8 Å². The van der Waals surface area contributed by atoms with Crippen LogP contribution in [0.25, 0.3) is 0 Å². The summed E-state index contributed by atoms with van der Waals surface area (Å²) in [6, 6.07) is 7.43. The Hall–Kier alpha value is -3.65. The van der Waals surface area contributed by atoms with Gasteiger partial charge in [0.25, 0.3) is 0 Å². The van der Waals surface area contributed by atoms with Crippen molar-refractivity contribution in [3.8, 4) is 0 Å². The van der Waals surface area contributed by atoms with Gasteiger partial charge < -0.3 is 33.7 Å². The minimum absolute atomic E-state index is 0.283. The van der Waals surface area contributed by atoms with Gasteiger partial charge in [-0.05, 0) is 12.1 Å². The lowest BCUT2D eigenvalue weighted by atomic mass is 9.89. The molecule has 0 aromatic heterocycles. The number of methoxy groups -OCH3 is 1. The molecule has 2 rings (SSSR count). The Bertz CT molecular complexity index is 1100. The highest BCUT2D eigenvalue weighted by atomic mass is 32.2. The molecule has 1 fully saturated rings. The van der Waals surface area contributed by atoms with Gasteiger partial charge in [-0.15, -0.1) is 0 Å². The standard InChI is InChI=1S/C26H33NO12S/c1-14(28)27-22-20(36-16(3)30)12-26(25(33)34-6,40-19-10-8-7-9-11-19)39-24(22)23(38-18(5)32)21(37-17(4)31)13-35-15(2)29/h7-11,20-24H,12-13H2,1-6H3,(H,27,28)/t20?,21-,22-,23-,24?,26+/m1/s1. The summed E-state index contributed by atoms with van der Waals surface area (Å²) in [4.78, 5) is 72.3. The smallest absolute Gasteiger partial charge is 0.349 e. The number of rotatable bonds is 11. The van der Waals surface area contributed by atoms with Gasteiger partial charge in [-0.25, -0.2) is 4.79 Å². The van der Waals surface area contributed by atoms with Crippen LogP contribution < -0.4 is 5.32 Å². The van der Waals surface area contributed by atoms with E-state index in [0.29, 0.717) is 4.90 Å². The van der Waals surface area contributed by atoms with E-state index in [1.54, 1.807) is 30.3 Å². The van der Waals surface area contributed by atoms with E-state index < -0.39 is 77.8 Å². The molecule has 40 heavy (non-hydrogen) atoms. The largest absolute Gasteiger partial charge is 0.466 e. The van der Waals surface area contributed by atoms with Crippen LogP contribution in [0.5, 0.6) is 0 Å². The Morgan fingerprint density at radius 1 is 0.950 bits per heavy atom. The van der Waals surface area contributed by atoms with E-state index in [2.05, 4.69) is 5.32 Å². The van der Waals surface area contributed by atoms with Crippen molar-refractivity contribution >= 4 is 47.5 Å². The van der Waals surface area contributed by atoms with E-state index in [9.17, 15) is 28.8 Å². The lowest BCUT2D eigenvalue weighted by Gasteiger charge is -2.48. The number of amides is 1. The molecule has 1 aromatic rings. The number of hydrogen-bond donors (Lipinski definition) is 1. The first-order valence-corrected chi connectivity index (χ1v) is 13.0. The van der Waals surface area contributed by atoms with E-state index in [1.807, 2.05) is 0 Å². The summed E-state index contributed by atoms with van der Waals surface area (Å²) in [5.41, 5.74) is 0. The zero-order valence-corrected chi connectivity index (χ0v) is 23.8. The third-order valence-electron chi connectivity index (χ3n) is 5.52. The fourth-order valence-electron chi connectivity index (χ4n) is 4.18. The molecule has 0 bridgehead atoms. The molecule has 0 spiro atoms. The SMILES string of the molecule is COC(=O)[C@@]1(Sc2ccccc2)CC(OC(C)=O)[C@@H](NC(C)=O)C([C@H](OC(C)=O)[C@@H](COC(C)=O)OC(C)=O)O1. The molecule has 0 radical (unpaired) electrons. The van der Waals surface area contributed by atoms with Crippen molar-refractivity contribution in [1.82, 2.24) is 5.32 Å². The highest BCUT2D eigenvalue weighted by Crippen LogP contribution is 2.45. The lowest BCUT2D eigenvalue weighted by Crippen LogP contribution is -2.68. The summed E-state index contributed by atoms with van der Waals surface area (Å²) in [6.45, 7) is 5.07. The number of ether oxygens (including phenoxy) is 6. The second-order valence-electron chi connectivity index (χ2n) is 8.84. The Labute approximate surface area is 235 Å². The van der Waals surface area contributed by atoms with Crippen molar-refractivity contribution < 1.29 is 57.2 Å². The number of carbonyl (C=O) groups is 6. The van der Waals surface area contributed by atoms with Crippen molar-refractivity contribution in [2.75, 3.05) is 13.7 Å². The van der Waals surface area contributed by atoms with Crippen molar-refractivity contribution in [3.63, 3.8) is 0 Å². The van der Waals surface area contributed by atoms with E-state index >= 15 is 0 Å². The predicted molar refractivity (Wildman–Crippen MR) is 137 cm³/mol. The predicted octanol–water partition coefficient (Wildman–Crippen LogP) is 1.30. The van der Waals surface area contributed by atoms with Crippen LogP contribution in [0.15, 0.2) is 35.2 Å². The molecule has 1 aliphatic heterocycles. The molecular formula is C26H33NO12S. The number of esters is 5. The molecule has 0 aliphatic carbocycles. The summed E-state index contributed by atoms with van der Waals surface area (Å²) in [5, 5.41) is 2.63. The lowest BCUT2D eigenvalue weighted by molar-refractivity contribution is -0.224. The minimum atomic E-state index is -1.89.